The second kappa shape index (κ2) is 10.1. The van der Waals surface area contributed by atoms with Crippen LogP contribution in [0.3, 0.4) is 0 Å². The van der Waals surface area contributed by atoms with Gasteiger partial charge in [0.25, 0.3) is 0 Å². The lowest BCUT2D eigenvalue weighted by molar-refractivity contribution is 0.0973. The standard InChI is InChI=1S/C26H31N7O/c1-16(12-27)9-24(34)20-5-7-21(8-6-20)25-17(2)13-28-26(32-25)31-22-14-29-33(15-22)23-10-18(3)30-19(4)11-23/h5-8,13-16,18-19,23,30H,9-11H2,1-4H3,(H,28,31,32)/t16-,18-,19+,23?/m1/s1. The first-order valence-electron chi connectivity index (χ1n) is 11.8. The molecule has 0 radical (unpaired) electrons. The first kappa shape index (κ1) is 23.6. The van der Waals surface area contributed by atoms with E-state index in [1.165, 1.54) is 0 Å². The number of carbonyl (C=O) groups is 1. The van der Waals surface area contributed by atoms with Gasteiger partial charge in [-0.2, -0.15) is 10.4 Å². The number of hydrogen-bond donors (Lipinski definition) is 2. The zero-order valence-corrected chi connectivity index (χ0v) is 20.1. The average Bonchev–Trinajstić information content (AvgIpc) is 3.28. The minimum absolute atomic E-state index is 0.0306. The number of nitriles is 1. The second-order valence-corrected chi connectivity index (χ2v) is 9.39. The third kappa shape index (κ3) is 5.49. The number of nitrogens with zero attached hydrogens (tertiary/aromatic N) is 5. The summed E-state index contributed by atoms with van der Waals surface area (Å²) in [5.41, 5.74) is 4.10. The van der Waals surface area contributed by atoms with Gasteiger partial charge < -0.3 is 10.6 Å². The van der Waals surface area contributed by atoms with E-state index in [4.69, 9.17) is 10.2 Å². The molecule has 4 atom stereocenters. The van der Waals surface area contributed by atoms with E-state index in [-0.39, 0.29) is 18.1 Å². The molecular weight excluding hydrogens is 426 g/mol. The first-order valence-corrected chi connectivity index (χ1v) is 11.8. The Morgan fingerprint density at radius 2 is 1.94 bits per heavy atom. The van der Waals surface area contributed by atoms with Crippen LogP contribution in [0.2, 0.25) is 0 Å². The summed E-state index contributed by atoms with van der Waals surface area (Å²) in [6.45, 7) is 8.14. The molecule has 2 N–H and O–H groups in total. The number of aromatic nitrogens is 4. The molecule has 0 bridgehead atoms. The van der Waals surface area contributed by atoms with Crippen LogP contribution in [0.15, 0.2) is 42.9 Å². The van der Waals surface area contributed by atoms with Crippen molar-refractivity contribution in [3.05, 3.63) is 54.0 Å². The van der Waals surface area contributed by atoms with E-state index in [0.29, 0.717) is 29.6 Å². The van der Waals surface area contributed by atoms with Gasteiger partial charge in [-0.05, 0) is 46.1 Å². The van der Waals surface area contributed by atoms with Crippen molar-refractivity contribution in [3.63, 3.8) is 0 Å². The van der Waals surface area contributed by atoms with Crippen molar-refractivity contribution in [1.29, 1.82) is 5.26 Å². The summed E-state index contributed by atoms with van der Waals surface area (Å²) >= 11 is 0. The van der Waals surface area contributed by atoms with Crippen LogP contribution in [0.1, 0.15) is 62.0 Å². The molecule has 3 heterocycles. The fourth-order valence-electron chi connectivity index (χ4n) is 4.53. The Balaban J connectivity index is 1.48. The van der Waals surface area contributed by atoms with E-state index in [0.717, 1.165) is 35.3 Å². The number of ketones is 1. The number of aryl methyl sites for hydroxylation is 1. The summed E-state index contributed by atoms with van der Waals surface area (Å²) in [7, 11) is 0. The number of nitrogens with one attached hydrogen (secondary N) is 2. The van der Waals surface area contributed by atoms with Gasteiger partial charge in [-0.1, -0.05) is 24.3 Å². The molecular formula is C26H31N7O. The van der Waals surface area contributed by atoms with Crippen LogP contribution in [0.5, 0.6) is 0 Å². The molecule has 1 aromatic carbocycles. The predicted octanol–water partition coefficient (Wildman–Crippen LogP) is 4.83. The van der Waals surface area contributed by atoms with Crippen molar-refractivity contribution < 1.29 is 4.79 Å². The molecule has 176 valence electrons. The van der Waals surface area contributed by atoms with Gasteiger partial charge in [0, 0.05) is 42.0 Å². The van der Waals surface area contributed by atoms with Gasteiger partial charge in [0.15, 0.2) is 5.78 Å². The highest BCUT2D eigenvalue weighted by atomic mass is 16.1. The fraction of sp³-hybridized carbons (Fsp3) is 0.423. The maximum absolute atomic E-state index is 12.3. The molecule has 2 aromatic heterocycles. The van der Waals surface area contributed by atoms with Gasteiger partial charge in [-0.25, -0.2) is 9.97 Å². The van der Waals surface area contributed by atoms with Crippen LogP contribution in [0, 0.1) is 24.2 Å². The Morgan fingerprint density at radius 3 is 2.62 bits per heavy atom. The van der Waals surface area contributed by atoms with Crippen molar-refractivity contribution in [3.8, 4) is 17.3 Å². The van der Waals surface area contributed by atoms with Crippen LogP contribution >= 0.6 is 0 Å². The fourth-order valence-corrected chi connectivity index (χ4v) is 4.53. The molecule has 1 unspecified atom stereocenters. The van der Waals surface area contributed by atoms with Crippen LogP contribution in [0.4, 0.5) is 11.6 Å². The van der Waals surface area contributed by atoms with Gasteiger partial charge in [0.1, 0.15) is 0 Å². The van der Waals surface area contributed by atoms with Crippen LogP contribution < -0.4 is 10.6 Å². The highest BCUT2D eigenvalue weighted by Crippen LogP contribution is 2.27. The van der Waals surface area contributed by atoms with Gasteiger partial charge in [0.05, 0.1) is 35.6 Å². The van der Waals surface area contributed by atoms with Crippen LogP contribution in [-0.4, -0.2) is 37.6 Å². The topological polar surface area (TPSA) is 109 Å². The number of rotatable bonds is 7. The normalized spacial score (nSPS) is 21.0. The number of hydrogen-bond acceptors (Lipinski definition) is 7. The summed E-state index contributed by atoms with van der Waals surface area (Å²) in [6, 6.07) is 10.8. The zero-order valence-electron chi connectivity index (χ0n) is 20.1. The molecule has 0 saturated carbocycles. The molecule has 1 aliphatic heterocycles. The molecule has 34 heavy (non-hydrogen) atoms. The highest BCUT2D eigenvalue weighted by molar-refractivity contribution is 5.96. The lowest BCUT2D eigenvalue weighted by Gasteiger charge is -2.32. The Hall–Kier alpha value is -3.57. The minimum Gasteiger partial charge on any atom is -0.321 e. The van der Waals surface area contributed by atoms with E-state index in [2.05, 4.69) is 40.6 Å². The Bertz CT molecular complexity index is 1180. The lowest BCUT2D eigenvalue weighted by Crippen LogP contribution is -2.43. The molecule has 1 fully saturated rings. The van der Waals surface area contributed by atoms with Crippen molar-refractivity contribution in [2.45, 2.75) is 65.1 Å². The summed E-state index contributed by atoms with van der Waals surface area (Å²) < 4.78 is 2.04. The molecule has 1 aliphatic rings. The van der Waals surface area contributed by atoms with Crippen LogP contribution in [-0.2, 0) is 0 Å². The number of piperidine rings is 1. The molecule has 8 nitrogen and oxygen atoms in total. The molecule has 0 spiro atoms. The summed E-state index contributed by atoms with van der Waals surface area (Å²) in [5.74, 6) is 0.169. The van der Waals surface area contributed by atoms with E-state index >= 15 is 0 Å². The van der Waals surface area contributed by atoms with Crippen molar-refractivity contribution >= 4 is 17.4 Å². The third-order valence-corrected chi connectivity index (χ3v) is 6.22. The summed E-state index contributed by atoms with van der Waals surface area (Å²) in [5, 5.41) is 20.4. The van der Waals surface area contributed by atoms with E-state index in [1.807, 2.05) is 36.1 Å². The average molecular weight is 458 g/mol. The van der Waals surface area contributed by atoms with Crippen molar-refractivity contribution in [2.24, 2.45) is 5.92 Å². The quantitative estimate of drug-likeness (QED) is 0.489. The third-order valence-electron chi connectivity index (χ3n) is 6.22. The zero-order chi connectivity index (χ0) is 24.2. The smallest absolute Gasteiger partial charge is 0.227 e. The number of carbonyl (C=O) groups excluding carboxylic acids is 1. The van der Waals surface area contributed by atoms with Crippen molar-refractivity contribution in [2.75, 3.05) is 5.32 Å². The lowest BCUT2D eigenvalue weighted by atomic mass is 9.95. The van der Waals surface area contributed by atoms with Gasteiger partial charge in [-0.15, -0.1) is 0 Å². The monoisotopic (exact) mass is 457 g/mol. The number of anilines is 2. The van der Waals surface area contributed by atoms with E-state index in [9.17, 15) is 4.79 Å². The summed E-state index contributed by atoms with van der Waals surface area (Å²) in [4.78, 5) is 21.5. The predicted molar refractivity (Wildman–Crippen MR) is 132 cm³/mol. The molecule has 1 saturated heterocycles. The molecule has 8 heteroatoms. The Labute approximate surface area is 200 Å². The maximum atomic E-state index is 12.3. The van der Waals surface area contributed by atoms with Gasteiger partial charge >= 0.3 is 0 Å². The largest absolute Gasteiger partial charge is 0.321 e. The van der Waals surface area contributed by atoms with E-state index < -0.39 is 0 Å². The second-order valence-electron chi connectivity index (χ2n) is 9.39. The highest BCUT2D eigenvalue weighted by Gasteiger charge is 2.25. The molecule has 0 aliphatic carbocycles. The maximum Gasteiger partial charge on any atom is 0.227 e. The summed E-state index contributed by atoms with van der Waals surface area (Å²) in [6.07, 6.45) is 7.93. The number of Topliss-reactive ketones (excluding diaryl/α,β-unsaturated/α-hetero) is 1. The van der Waals surface area contributed by atoms with E-state index in [1.54, 1.807) is 25.3 Å². The molecule has 3 aromatic rings. The minimum atomic E-state index is -0.296. The Kier molecular flexibility index (Phi) is 7.03. The first-order chi connectivity index (χ1) is 16.3. The number of benzene rings is 1. The van der Waals surface area contributed by atoms with Crippen molar-refractivity contribution in [1.82, 2.24) is 25.1 Å². The van der Waals surface area contributed by atoms with Gasteiger partial charge in [0.2, 0.25) is 5.95 Å². The molecule has 4 rings (SSSR count). The SMILES string of the molecule is Cc1cnc(Nc2cnn(C3C[C@@H](C)N[C@@H](C)C3)c2)nc1-c1ccc(C(=O)C[C@@H](C)C#N)cc1. The van der Waals surface area contributed by atoms with Crippen LogP contribution in [0.25, 0.3) is 11.3 Å². The Morgan fingerprint density at radius 1 is 1.24 bits per heavy atom. The van der Waals surface area contributed by atoms with Gasteiger partial charge in [-0.3, -0.25) is 9.48 Å². The molecule has 0 amide bonds.